The third-order valence-electron chi connectivity index (χ3n) is 5.38. The molecular weight excluding hydrogens is 344 g/mol. The van der Waals surface area contributed by atoms with Crippen molar-refractivity contribution in [2.75, 3.05) is 13.1 Å². The molecule has 0 atom stereocenters. The molecule has 0 aromatic heterocycles. The summed E-state index contributed by atoms with van der Waals surface area (Å²) >= 11 is 0. The predicted molar refractivity (Wildman–Crippen MR) is 124 cm³/mol. The summed E-state index contributed by atoms with van der Waals surface area (Å²) in [7, 11) is 0. The van der Waals surface area contributed by atoms with Gasteiger partial charge in [0, 0.05) is 25.6 Å². The van der Waals surface area contributed by atoms with Crippen molar-refractivity contribution in [2.24, 2.45) is 5.41 Å². The highest BCUT2D eigenvalue weighted by Gasteiger charge is 2.32. The van der Waals surface area contributed by atoms with Gasteiger partial charge in [-0.15, -0.1) is 0 Å². The fraction of sp³-hybridized carbons (Fsp3) is 0.800. The van der Waals surface area contributed by atoms with Crippen molar-refractivity contribution < 1.29 is 4.79 Å². The van der Waals surface area contributed by atoms with Crippen LogP contribution in [-0.2, 0) is 4.79 Å². The Bertz CT molecular complexity index is 493. The first-order valence-electron chi connectivity index (χ1n) is 11.8. The van der Waals surface area contributed by atoms with Gasteiger partial charge in [0.1, 0.15) is 0 Å². The molecule has 1 heterocycles. The lowest BCUT2D eigenvalue weighted by atomic mass is 9.92. The summed E-state index contributed by atoms with van der Waals surface area (Å²) in [6.07, 6.45) is 12.6. The lowest BCUT2D eigenvalue weighted by Crippen LogP contribution is -2.37. The van der Waals surface area contributed by atoms with Crippen LogP contribution in [0.1, 0.15) is 107 Å². The molecule has 1 saturated carbocycles. The van der Waals surface area contributed by atoms with Crippen LogP contribution in [0.4, 0.5) is 0 Å². The van der Waals surface area contributed by atoms with Gasteiger partial charge in [0.05, 0.1) is 11.4 Å². The van der Waals surface area contributed by atoms with Crippen LogP contribution in [0, 0.1) is 5.41 Å². The van der Waals surface area contributed by atoms with Gasteiger partial charge >= 0.3 is 0 Å². The SMILES string of the molecule is C/C=C1\C(=C/C)N(C2CCCCC2)CCC(=O)N1CCC(C)(C)C.CC.CC. The maximum Gasteiger partial charge on any atom is 0.228 e. The standard InChI is InChI=1S/C21H36N2O.2C2H6/c1-6-18-19(7-2)23(16-14-21(3,4)5)20(24)13-15-22(18)17-11-9-8-10-12-17;2*1-2/h6-7,17H,8-16H2,1-5H3;2*1-2H3/b18-6+,19-7+;;. The zero-order valence-electron chi connectivity index (χ0n) is 20.4. The highest BCUT2D eigenvalue weighted by atomic mass is 16.2. The molecule has 0 spiro atoms. The molecule has 1 amide bonds. The molecule has 0 radical (unpaired) electrons. The van der Waals surface area contributed by atoms with Gasteiger partial charge in [0.25, 0.3) is 0 Å². The normalized spacial score (nSPS) is 21.7. The summed E-state index contributed by atoms with van der Waals surface area (Å²) in [5.41, 5.74) is 2.63. The van der Waals surface area contributed by atoms with Gasteiger partial charge in [-0.1, -0.05) is 79.9 Å². The largest absolute Gasteiger partial charge is 0.367 e. The van der Waals surface area contributed by atoms with Gasteiger partial charge < -0.3 is 9.80 Å². The smallest absolute Gasteiger partial charge is 0.228 e. The van der Waals surface area contributed by atoms with E-state index in [1.807, 2.05) is 32.6 Å². The number of hydrogen-bond acceptors (Lipinski definition) is 2. The molecule has 2 aliphatic rings. The van der Waals surface area contributed by atoms with E-state index in [1.165, 1.54) is 37.8 Å². The topological polar surface area (TPSA) is 23.6 Å². The van der Waals surface area contributed by atoms with E-state index >= 15 is 0 Å². The highest BCUT2D eigenvalue weighted by Crippen LogP contribution is 2.33. The van der Waals surface area contributed by atoms with Crippen molar-refractivity contribution in [2.45, 2.75) is 113 Å². The molecule has 0 bridgehead atoms. The third kappa shape index (κ3) is 8.01. The van der Waals surface area contributed by atoms with E-state index in [0.717, 1.165) is 25.2 Å². The average molecular weight is 393 g/mol. The molecule has 28 heavy (non-hydrogen) atoms. The second-order valence-electron chi connectivity index (χ2n) is 8.44. The van der Waals surface area contributed by atoms with E-state index < -0.39 is 0 Å². The predicted octanol–water partition coefficient (Wildman–Crippen LogP) is 7.15. The number of carbonyl (C=O) groups is 1. The molecular formula is C25H48N2O. The van der Waals surface area contributed by atoms with E-state index in [0.29, 0.717) is 12.5 Å². The molecule has 0 unspecified atom stereocenters. The Kier molecular flexibility index (Phi) is 13.2. The average Bonchev–Trinajstić information content (AvgIpc) is 2.85. The maximum absolute atomic E-state index is 12.8. The number of allylic oxidation sites excluding steroid dienone is 2. The summed E-state index contributed by atoms with van der Waals surface area (Å²) in [6.45, 7) is 20.6. The van der Waals surface area contributed by atoms with Crippen LogP contribution in [0.2, 0.25) is 0 Å². The molecule has 0 aromatic rings. The van der Waals surface area contributed by atoms with E-state index in [-0.39, 0.29) is 11.3 Å². The van der Waals surface area contributed by atoms with E-state index in [4.69, 9.17) is 0 Å². The maximum atomic E-state index is 12.8. The zero-order chi connectivity index (χ0) is 21.7. The monoisotopic (exact) mass is 392 g/mol. The van der Waals surface area contributed by atoms with Crippen LogP contribution < -0.4 is 0 Å². The van der Waals surface area contributed by atoms with Gasteiger partial charge in [-0.05, 0) is 38.5 Å². The summed E-state index contributed by atoms with van der Waals surface area (Å²) in [5.74, 6) is 0.282. The van der Waals surface area contributed by atoms with Crippen molar-refractivity contribution in [1.29, 1.82) is 0 Å². The van der Waals surface area contributed by atoms with E-state index in [9.17, 15) is 4.79 Å². The summed E-state index contributed by atoms with van der Waals surface area (Å²) in [5, 5.41) is 0. The molecule has 0 aromatic carbocycles. The Hall–Kier alpha value is -1.25. The minimum atomic E-state index is 0.241. The quantitative estimate of drug-likeness (QED) is 0.509. The Balaban J connectivity index is 0.00000171. The number of hydrogen-bond donors (Lipinski definition) is 0. The van der Waals surface area contributed by atoms with E-state index in [1.54, 1.807) is 0 Å². The van der Waals surface area contributed by atoms with Crippen LogP contribution in [0.3, 0.4) is 0 Å². The van der Waals surface area contributed by atoms with Crippen molar-refractivity contribution in [3.05, 3.63) is 23.5 Å². The molecule has 1 saturated heterocycles. The van der Waals surface area contributed by atoms with Gasteiger partial charge in [-0.3, -0.25) is 4.79 Å². The molecule has 2 fully saturated rings. The minimum Gasteiger partial charge on any atom is -0.367 e. The molecule has 1 aliphatic carbocycles. The molecule has 3 nitrogen and oxygen atoms in total. The van der Waals surface area contributed by atoms with Crippen molar-refractivity contribution in [3.8, 4) is 0 Å². The van der Waals surface area contributed by atoms with Crippen LogP contribution in [-0.4, -0.2) is 34.8 Å². The third-order valence-corrected chi connectivity index (χ3v) is 5.38. The number of nitrogens with zero attached hydrogens (tertiary/aromatic N) is 2. The minimum absolute atomic E-state index is 0.241. The summed E-state index contributed by atoms with van der Waals surface area (Å²) in [6, 6.07) is 0.607. The van der Waals surface area contributed by atoms with Crippen LogP contribution in [0.5, 0.6) is 0 Å². The highest BCUT2D eigenvalue weighted by molar-refractivity contribution is 5.80. The molecule has 0 N–H and O–H groups in total. The van der Waals surface area contributed by atoms with Crippen LogP contribution >= 0.6 is 0 Å². The first kappa shape index (κ1) is 26.8. The first-order valence-corrected chi connectivity index (χ1v) is 11.8. The Morgan fingerprint density at radius 1 is 0.929 bits per heavy atom. The number of carbonyl (C=O) groups excluding carboxylic acids is 1. The Labute approximate surface area is 176 Å². The van der Waals surface area contributed by atoms with Gasteiger partial charge in [-0.2, -0.15) is 0 Å². The van der Waals surface area contributed by atoms with Crippen molar-refractivity contribution >= 4 is 5.91 Å². The molecule has 2 rings (SSSR count). The fourth-order valence-electron chi connectivity index (χ4n) is 3.97. The second kappa shape index (κ2) is 13.8. The van der Waals surface area contributed by atoms with Crippen LogP contribution in [0.25, 0.3) is 0 Å². The molecule has 3 heteroatoms. The van der Waals surface area contributed by atoms with Crippen molar-refractivity contribution in [3.63, 3.8) is 0 Å². The van der Waals surface area contributed by atoms with Gasteiger partial charge in [0.15, 0.2) is 0 Å². The Morgan fingerprint density at radius 2 is 1.46 bits per heavy atom. The fourth-order valence-corrected chi connectivity index (χ4v) is 3.97. The van der Waals surface area contributed by atoms with E-state index in [2.05, 4.69) is 51.7 Å². The zero-order valence-corrected chi connectivity index (χ0v) is 20.4. The number of rotatable bonds is 3. The summed E-state index contributed by atoms with van der Waals surface area (Å²) < 4.78 is 0. The molecule has 1 aliphatic heterocycles. The van der Waals surface area contributed by atoms with Crippen LogP contribution in [0.15, 0.2) is 23.5 Å². The lowest BCUT2D eigenvalue weighted by molar-refractivity contribution is -0.129. The first-order chi connectivity index (χ1) is 13.4. The Morgan fingerprint density at radius 3 is 1.93 bits per heavy atom. The van der Waals surface area contributed by atoms with Crippen molar-refractivity contribution in [1.82, 2.24) is 9.80 Å². The second-order valence-corrected chi connectivity index (χ2v) is 8.44. The number of amides is 1. The summed E-state index contributed by atoms with van der Waals surface area (Å²) in [4.78, 5) is 17.4. The van der Waals surface area contributed by atoms with Gasteiger partial charge in [-0.25, -0.2) is 0 Å². The molecule has 164 valence electrons. The lowest BCUT2D eigenvalue weighted by Gasteiger charge is -2.38. The van der Waals surface area contributed by atoms with Gasteiger partial charge in [0.2, 0.25) is 5.91 Å².